The summed E-state index contributed by atoms with van der Waals surface area (Å²) < 4.78 is 29.2. The third-order valence-electron chi connectivity index (χ3n) is 8.34. The van der Waals surface area contributed by atoms with Crippen LogP contribution in [0.3, 0.4) is 0 Å². The van der Waals surface area contributed by atoms with Crippen LogP contribution in [0, 0.1) is 24.2 Å². The van der Waals surface area contributed by atoms with Crippen LogP contribution in [0.25, 0.3) is 0 Å². The molecule has 160 valence electrons. The number of benzene rings is 2. The number of nitrogens with one attached hydrogen (secondary N) is 1. The molecule has 3 aliphatic rings. The van der Waals surface area contributed by atoms with Gasteiger partial charge in [0.25, 0.3) is 0 Å². The minimum atomic E-state index is -3.51. The van der Waals surface area contributed by atoms with E-state index in [4.69, 9.17) is 0 Å². The quantitative estimate of drug-likeness (QED) is 0.735. The van der Waals surface area contributed by atoms with Gasteiger partial charge in [-0.05, 0) is 104 Å². The second-order valence-corrected chi connectivity index (χ2v) is 11.6. The van der Waals surface area contributed by atoms with Crippen LogP contribution >= 0.6 is 0 Å². The predicted molar refractivity (Wildman–Crippen MR) is 118 cm³/mol. The highest BCUT2D eigenvalue weighted by Crippen LogP contribution is 2.61. The third kappa shape index (κ3) is 3.18. The summed E-state index contributed by atoms with van der Waals surface area (Å²) in [6, 6.07) is 13.0. The third-order valence-corrected chi connectivity index (χ3v) is 9.83. The van der Waals surface area contributed by atoms with Crippen molar-refractivity contribution in [1.29, 1.82) is 0 Å². The Balaban J connectivity index is 1.39. The van der Waals surface area contributed by atoms with Crippen LogP contribution in [0.15, 0.2) is 47.4 Å². The molecule has 2 fully saturated rings. The average molecular weight is 426 g/mol. The molecule has 0 unspecified atom stereocenters. The molecule has 5 atom stereocenters. The Morgan fingerprint density at radius 2 is 1.80 bits per heavy atom. The Morgan fingerprint density at radius 3 is 2.57 bits per heavy atom. The van der Waals surface area contributed by atoms with Crippen molar-refractivity contribution in [3.05, 3.63) is 59.2 Å². The Labute approximate surface area is 179 Å². The van der Waals surface area contributed by atoms with Crippen molar-refractivity contribution in [3.63, 3.8) is 0 Å². The molecule has 3 aliphatic carbocycles. The van der Waals surface area contributed by atoms with Gasteiger partial charge in [0, 0.05) is 6.04 Å². The minimum Gasteiger partial charge on any atom is -0.508 e. The van der Waals surface area contributed by atoms with Gasteiger partial charge in [0.05, 0.1) is 4.90 Å². The maximum atomic E-state index is 13.1. The summed E-state index contributed by atoms with van der Waals surface area (Å²) >= 11 is 0. The largest absolute Gasteiger partial charge is 0.508 e. The van der Waals surface area contributed by atoms with E-state index in [1.165, 1.54) is 11.1 Å². The Bertz CT molecular complexity index is 1060. The van der Waals surface area contributed by atoms with Gasteiger partial charge in [-0.25, -0.2) is 13.1 Å². The summed E-state index contributed by atoms with van der Waals surface area (Å²) in [5.74, 6) is 2.05. The first kappa shape index (κ1) is 20.1. The summed E-state index contributed by atoms with van der Waals surface area (Å²) in [4.78, 5) is 0.361. The van der Waals surface area contributed by atoms with Crippen LogP contribution in [0.1, 0.15) is 61.6 Å². The van der Waals surface area contributed by atoms with Gasteiger partial charge < -0.3 is 5.11 Å². The van der Waals surface area contributed by atoms with Gasteiger partial charge in [-0.2, -0.15) is 0 Å². The second kappa shape index (κ2) is 7.10. The van der Waals surface area contributed by atoms with Crippen LogP contribution in [0.5, 0.6) is 5.75 Å². The number of phenols is 1. The number of hydrogen-bond acceptors (Lipinski definition) is 3. The van der Waals surface area contributed by atoms with Crippen LogP contribution in [0.2, 0.25) is 0 Å². The van der Waals surface area contributed by atoms with E-state index in [0.717, 1.165) is 44.1 Å². The number of hydrogen-bond donors (Lipinski definition) is 2. The van der Waals surface area contributed by atoms with Gasteiger partial charge in [0.2, 0.25) is 10.0 Å². The first-order chi connectivity index (χ1) is 14.3. The maximum absolute atomic E-state index is 13.1. The monoisotopic (exact) mass is 425 g/mol. The summed E-state index contributed by atoms with van der Waals surface area (Å²) in [5, 5.41) is 9.86. The van der Waals surface area contributed by atoms with Crippen LogP contribution < -0.4 is 4.72 Å². The lowest BCUT2D eigenvalue weighted by atomic mass is 9.55. The van der Waals surface area contributed by atoms with Crippen molar-refractivity contribution in [1.82, 2.24) is 4.72 Å². The Hall–Kier alpha value is -1.85. The summed E-state index contributed by atoms with van der Waals surface area (Å²) in [6.07, 6.45) is 6.29. The SMILES string of the molecule is Cc1ccc(S(=O)(=O)N[C@@H]2CC[C@H]3[C@@H]4CCc5cc(O)ccc5[C@H]4CC[C@]23C)cc1. The highest BCUT2D eigenvalue weighted by molar-refractivity contribution is 7.89. The van der Waals surface area contributed by atoms with Gasteiger partial charge in [0.15, 0.2) is 0 Å². The highest BCUT2D eigenvalue weighted by atomic mass is 32.2. The fraction of sp³-hybridized carbons (Fsp3) is 0.520. The van der Waals surface area contributed by atoms with Crippen molar-refractivity contribution < 1.29 is 13.5 Å². The molecule has 0 aliphatic heterocycles. The summed E-state index contributed by atoms with van der Waals surface area (Å²) in [6.45, 7) is 4.28. The van der Waals surface area contributed by atoms with Gasteiger partial charge >= 0.3 is 0 Å². The zero-order valence-electron chi connectivity index (χ0n) is 17.8. The van der Waals surface area contributed by atoms with E-state index >= 15 is 0 Å². The van der Waals surface area contributed by atoms with Gasteiger partial charge in [-0.1, -0.05) is 30.7 Å². The van der Waals surface area contributed by atoms with E-state index < -0.39 is 10.0 Å². The average Bonchev–Trinajstić information content (AvgIpc) is 3.03. The second-order valence-electron chi connectivity index (χ2n) is 9.91. The standard InChI is InChI=1S/C25H31NO3S/c1-16-3-7-19(8-4-16)30(28,29)26-24-12-11-23-22-9-5-17-15-18(27)6-10-20(17)21(22)13-14-25(23,24)2/h3-4,6-8,10,15,21-24,26-27H,5,9,11-14H2,1-2H3/t21-,22-,23+,24-,25+/m1/s1. The normalized spacial score (nSPS) is 32.9. The fourth-order valence-electron chi connectivity index (χ4n) is 6.74. The van der Waals surface area contributed by atoms with Crippen molar-refractivity contribution in [2.75, 3.05) is 0 Å². The minimum absolute atomic E-state index is 0.00373. The highest BCUT2D eigenvalue weighted by Gasteiger charge is 2.55. The van der Waals surface area contributed by atoms with Crippen molar-refractivity contribution in [2.45, 2.75) is 69.2 Å². The Morgan fingerprint density at radius 1 is 1.03 bits per heavy atom. The topological polar surface area (TPSA) is 66.4 Å². The van der Waals surface area contributed by atoms with Crippen molar-refractivity contribution >= 4 is 10.0 Å². The molecule has 0 radical (unpaired) electrons. The lowest BCUT2D eigenvalue weighted by Crippen LogP contribution is -2.50. The number of aryl methyl sites for hydroxylation is 2. The molecule has 2 saturated carbocycles. The summed E-state index contributed by atoms with van der Waals surface area (Å²) in [7, 11) is -3.51. The molecule has 2 N–H and O–H groups in total. The van der Waals surface area contributed by atoms with Crippen molar-refractivity contribution in [2.24, 2.45) is 17.3 Å². The van der Waals surface area contributed by atoms with Gasteiger partial charge in [-0.15, -0.1) is 0 Å². The first-order valence-electron chi connectivity index (χ1n) is 11.2. The predicted octanol–water partition coefficient (Wildman–Crippen LogP) is 4.90. The molecule has 30 heavy (non-hydrogen) atoms. The lowest BCUT2D eigenvalue weighted by molar-refractivity contribution is 0.0462. The molecule has 0 heterocycles. The number of rotatable bonds is 3. The summed E-state index contributed by atoms with van der Waals surface area (Å²) in [5.41, 5.74) is 3.78. The molecule has 4 nitrogen and oxygen atoms in total. The van der Waals surface area contributed by atoms with Crippen LogP contribution in [0.4, 0.5) is 0 Å². The molecular weight excluding hydrogens is 394 g/mol. The zero-order chi connectivity index (χ0) is 21.1. The smallest absolute Gasteiger partial charge is 0.240 e. The molecule has 0 amide bonds. The first-order valence-corrected chi connectivity index (χ1v) is 12.7. The Kier molecular flexibility index (Phi) is 4.75. The van der Waals surface area contributed by atoms with Crippen LogP contribution in [-0.4, -0.2) is 19.6 Å². The van der Waals surface area contributed by atoms with Crippen LogP contribution in [-0.2, 0) is 16.4 Å². The van der Waals surface area contributed by atoms with E-state index in [2.05, 4.69) is 17.7 Å². The van der Waals surface area contributed by atoms with E-state index in [1.54, 1.807) is 12.1 Å². The molecule has 0 saturated heterocycles. The molecular formula is C25H31NO3S. The van der Waals surface area contributed by atoms with Crippen molar-refractivity contribution in [3.8, 4) is 5.75 Å². The maximum Gasteiger partial charge on any atom is 0.240 e. The molecule has 0 aromatic heterocycles. The molecule has 0 spiro atoms. The molecule has 5 heteroatoms. The molecule has 0 bridgehead atoms. The van der Waals surface area contributed by atoms with E-state index in [9.17, 15) is 13.5 Å². The molecule has 2 aromatic carbocycles. The number of phenolic OH excluding ortho intramolecular Hbond substituents is 1. The number of sulfonamides is 1. The van der Waals surface area contributed by atoms with E-state index in [-0.39, 0.29) is 11.5 Å². The van der Waals surface area contributed by atoms with E-state index in [1.807, 2.05) is 31.2 Å². The number of fused-ring (bicyclic) bond motifs is 5. The molecule has 2 aromatic rings. The number of aromatic hydroxyl groups is 1. The van der Waals surface area contributed by atoms with Gasteiger partial charge in [-0.3, -0.25) is 0 Å². The van der Waals surface area contributed by atoms with Gasteiger partial charge in [0.1, 0.15) is 5.75 Å². The zero-order valence-corrected chi connectivity index (χ0v) is 18.6. The van der Waals surface area contributed by atoms with E-state index in [0.29, 0.717) is 28.4 Å². The molecule has 5 rings (SSSR count). The lowest BCUT2D eigenvalue weighted by Gasteiger charge is -2.51. The fourth-order valence-corrected chi connectivity index (χ4v) is 8.13.